The lowest BCUT2D eigenvalue weighted by molar-refractivity contribution is 0.101. The van der Waals surface area contributed by atoms with Crippen LogP contribution >= 0.6 is 0 Å². The zero-order valence-electron chi connectivity index (χ0n) is 9.07. The first-order valence-corrected chi connectivity index (χ1v) is 6.59. The molecule has 15 heavy (non-hydrogen) atoms. The number of rotatable bonds is 3. The molecule has 0 radical (unpaired) electrons. The van der Waals surface area contributed by atoms with Gasteiger partial charge in [0.2, 0.25) is 0 Å². The highest BCUT2D eigenvalue weighted by atomic mass is 32.2. The van der Waals surface area contributed by atoms with Crippen LogP contribution in [0.5, 0.6) is 0 Å². The standard InChI is InChI=1S/C11H14O3S/c1-4-9-7-10(15(3,13)14)5-6-11(9)8(2)12/h5-7H,4H2,1-3H3. The minimum absolute atomic E-state index is 0.0353. The maximum Gasteiger partial charge on any atom is 0.175 e. The number of carbonyl (C=O) groups excluding carboxylic acids is 1. The Balaban J connectivity index is 3.38. The molecule has 1 aromatic rings. The molecule has 4 heteroatoms. The molecule has 0 aliphatic heterocycles. The summed E-state index contributed by atoms with van der Waals surface area (Å²) in [5.41, 5.74) is 1.38. The van der Waals surface area contributed by atoms with Crippen molar-refractivity contribution >= 4 is 15.6 Å². The second-order valence-electron chi connectivity index (χ2n) is 3.50. The Morgan fingerprint density at radius 3 is 2.33 bits per heavy atom. The summed E-state index contributed by atoms with van der Waals surface area (Å²) in [5.74, 6) is -0.0353. The molecule has 1 rings (SSSR count). The molecule has 0 saturated carbocycles. The van der Waals surface area contributed by atoms with Crippen LogP contribution in [-0.2, 0) is 16.3 Å². The molecule has 0 spiro atoms. The Morgan fingerprint density at radius 1 is 1.33 bits per heavy atom. The molecular formula is C11H14O3S. The maximum atomic E-state index is 11.3. The van der Waals surface area contributed by atoms with Gasteiger partial charge in [0, 0.05) is 11.8 Å². The van der Waals surface area contributed by atoms with Crippen LogP contribution in [0.25, 0.3) is 0 Å². The second-order valence-corrected chi connectivity index (χ2v) is 5.52. The number of aryl methyl sites for hydroxylation is 1. The summed E-state index contributed by atoms with van der Waals surface area (Å²) in [4.78, 5) is 11.5. The third kappa shape index (κ3) is 2.65. The van der Waals surface area contributed by atoms with Crippen LogP contribution in [0.2, 0.25) is 0 Å². The maximum absolute atomic E-state index is 11.3. The van der Waals surface area contributed by atoms with Crippen LogP contribution in [0.4, 0.5) is 0 Å². The summed E-state index contributed by atoms with van der Waals surface area (Å²) in [7, 11) is -3.19. The Bertz CT molecular complexity index is 487. The number of Topliss-reactive ketones (excluding diaryl/α,β-unsaturated/α-hetero) is 1. The van der Waals surface area contributed by atoms with E-state index < -0.39 is 9.84 Å². The number of benzene rings is 1. The minimum atomic E-state index is -3.19. The van der Waals surface area contributed by atoms with Crippen molar-refractivity contribution in [3.8, 4) is 0 Å². The van der Waals surface area contributed by atoms with Gasteiger partial charge in [-0.05, 0) is 37.1 Å². The van der Waals surface area contributed by atoms with Crippen LogP contribution in [0.3, 0.4) is 0 Å². The van der Waals surface area contributed by atoms with Gasteiger partial charge in [-0.3, -0.25) is 4.79 Å². The summed E-state index contributed by atoms with van der Waals surface area (Å²) in [6, 6.07) is 4.63. The largest absolute Gasteiger partial charge is 0.295 e. The van der Waals surface area contributed by atoms with Crippen molar-refractivity contribution in [2.45, 2.75) is 25.2 Å². The van der Waals surface area contributed by atoms with Crippen molar-refractivity contribution in [1.29, 1.82) is 0 Å². The summed E-state index contributed by atoms with van der Waals surface area (Å²) in [6.45, 7) is 3.38. The second kappa shape index (κ2) is 4.14. The van der Waals surface area contributed by atoms with Crippen molar-refractivity contribution in [1.82, 2.24) is 0 Å². The number of ketones is 1. The highest BCUT2D eigenvalue weighted by molar-refractivity contribution is 7.90. The fourth-order valence-corrected chi connectivity index (χ4v) is 2.11. The van der Waals surface area contributed by atoms with Crippen LogP contribution < -0.4 is 0 Å². The molecule has 0 aliphatic carbocycles. The van der Waals surface area contributed by atoms with Gasteiger partial charge in [0.25, 0.3) is 0 Å². The summed E-state index contributed by atoms with van der Waals surface area (Å²) >= 11 is 0. The monoisotopic (exact) mass is 226 g/mol. The van der Waals surface area contributed by atoms with Crippen molar-refractivity contribution in [2.24, 2.45) is 0 Å². The number of hydrogen-bond acceptors (Lipinski definition) is 3. The molecule has 0 bridgehead atoms. The van der Waals surface area contributed by atoms with Crippen molar-refractivity contribution in [3.05, 3.63) is 29.3 Å². The van der Waals surface area contributed by atoms with E-state index in [-0.39, 0.29) is 10.7 Å². The van der Waals surface area contributed by atoms with E-state index in [1.54, 1.807) is 12.1 Å². The van der Waals surface area contributed by atoms with Crippen molar-refractivity contribution in [3.63, 3.8) is 0 Å². The topological polar surface area (TPSA) is 51.2 Å². The van der Waals surface area contributed by atoms with Crippen molar-refractivity contribution in [2.75, 3.05) is 6.26 Å². The van der Waals surface area contributed by atoms with Crippen LogP contribution in [-0.4, -0.2) is 20.5 Å². The lowest BCUT2D eigenvalue weighted by Crippen LogP contribution is -2.03. The molecule has 82 valence electrons. The van der Waals surface area contributed by atoms with Gasteiger partial charge in [-0.1, -0.05) is 6.92 Å². The minimum Gasteiger partial charge on any atom is -0.295 e. The molecule has 1 aromatic carbocycles. The van der Waals surface area contributed by atoms with Gasteiger partial charge in [-0.25, -0.2) is 8.42 Å². The molecular weight excluding hydrogens is 212 g/mol. The van der Waals surface area contributed by atoms with Gasteiger partial charge < -0.3 is 0 Å². The van der Waals surface area contributed by atoms with E-state index in [1.807, 2.05) is 6.92 Å². The molecule has 3 nitrogen and oxygen atoms in total. The fraction of sp³-hybridized carbons (Fsp3) is 0.364. The highest BCUT2D eigenvalue weighted by Gasteiger charge is 2.11. The average molecular weight is 226 g/mol. The van der Waals surface area contributed by atoms with Gasteiger partial charge in [-0.2, -0.15) is 0 Å². The normalized spacial score (nSPS) is 11.4. The lowest BCUT2D eigenvalue weighted by atomic mass is 10.0. The first-order valence-electron chi connectivity index (χ1n) is 4.70. The van der Waals surface area contributed by atoms with Gasteiger partial charge in [0.05, 0.1) is 4.90 Å². The molecule has 0 N–H and O–H groups in total. The van der Waals surface area contributed by atoms with Gasteiger partial charge >= 0.3 is 0 Å². The predicted molar refractivity (Wildman–Crippen MR) is 58.9 cm³/mol. The molecule has 0 amide bonds. The first kappa shape index (κ1) is 11.9. The van der Waals surface area contributed by atoms with Gasteiger partial charge in [-0.15, -0.1) is 0 Å². The van der Waals surface area contributed by atoms with E-state index in [9.17, 15) is 13.2 Å². The van der Waals surface area contributed by atoms with E-state index in [1.165, 1.54) is 13.0 Å². The van der Waals surface area contributed by atoms with Crippen LogP contribution in [0.1, 0.15) is 29.8 Å². The van der Waals surface area contributed by atoms with Gasteiger partial charge in [0.15, 0.2) is 15.6 Å². The Morgan fingerprint density at radius 2 is 1.93 bits per heavy atom. The Labute approximate surface area is 90.0 Å². The SMILES string of the molecule is CCc1cc(S(C)(=O)=O)ccc1C(C)=O. The smallest absolute Gasteiger partial charge is 0.175 e. The molecule has 0 aromatic heterocycles. The molecule has 0 atom stereocenters. The zero-order chi connectivity index (χ0) is 11.6. The fourth-order valence-electron chi connectivity index (χ4n) is 1.44. The number of sulfone groups is 1. The first-order chi connectivity index (χ1) is 6.86. The van der Waals surface area contributed by atoms with Crippen molar-refractivity contribution < 1.29 is 13.2 Å². The van der Waals surface area contributed by atoms with E-state index in [0.29, 0.717) is 12.0 Å². The van der Waals surface area contributed by atoms with Crippen LogP contribution in [0.15, 0.2) is 23.1 Å². The lowest BCUT2D eigenvalue weighted by Gasteiger charge is -2.06. The van der Waals surface area contributed by atoms with E-state index in [2.05, 4.69) is 0 Å². The average Bonchev–Trinajstić information content (AvgIpc) is 2.15. The predicted octanol–water partition coefficient (Wildman–Crippen LogP) is 1.86. The van der Waals surface area contributed by atoms with Crippen LogP contribution in [0, 0.1) is 0 Å². The quantitative estimate of drug-likeness (QED) is 0.739. The molecule has 0 unspecified atom stereocenters. The number of carbonyl (C=O) groups is 1. The van der Waals surface area contributed by atoms with E-state index in [0.717, 1.165) is 11.8 Å². The number of hydrogen-bond donors (Lipinski definition) is 0. The third-order valence-corrected chi connectivity index (χ3v) is 3.38. The highest BCUT2D eigenvalue weighted by Crippen LogP contribution is 2.17. The summed E-state index contributed by atoms with van der Waals surface area (Å²) < 4.78 is 22.6. The molecule has 0 heterocycles. The Hall–Kier alpha value is -1.16. The zero-order valence-corrected chi connectivity index (χ0v) is 9.89. The third-order valence-electron chi connectivity index (χ3n) is 2.27. The summed E-state index contributed by atoms with van der Waals surface area (Å²) in [5, 5.41) is 0. The Kier molecular flexibility index (Phi) is 3.29. The van der Waals surface area contributed by atoms with E-state index >= 15 is 0 Å². The van der Waals surface area contributed by atoms with E-state index in [4.69, 9.17) is 0 Å². The summed E-state index contributed by atoms with van der Waals surface area (Å²) in [6.07, 6.45) is 1.81. The van der Waals surface area contributed by atoms with Gasteiger partial charge in [0.1, 0.15) is 0 Å². The molecule has 0 saturated heterocycles. The molecule has 0 aliphatic rings. The molecule has 0 fully saturated rings.